The first-order valence-corrected chi connectivity index (χ1v) is 13.7. The van der Waals surface area contributed by atoms with Gasteiger partial charge in [-0.2, -0.15) is 0 Å². The molecule has 0 aliphatic carbocycles. The molecule has 3 rings (SSSR count). The molecule has 0 aliphatic rings. The molecule has 0 N–H and O–H groups in total. The number of hydrogen-bond acceptors (Lipinski definition) is 10. The first-order chi connectivity index (χ1) is 20.7. The highest BCUT2D eigenvalue weighted by atomic mass is 16.7. The summed E-state index contributed by atoms with van der Waals surface area (Å²) < 4.78 is 25.8. The van der Waals surface area contributed by atoms with E-state index in [4.69, 9.17) is 23.7 Å². The Balaban J connectivity index is 1.38. The zero-order chi connectivity index (χ0) is 31.0. The summed E-state index contributed by atoms with van der Waals surface area (Å²) in [5.74, 6) is -0.677. The third-order valence-electron chi connectivity index (χ3n) is 5.90. The number of unbranched alkanes of at least 4 members (excludes halogenated alkanes) is 4. The molecular formula is C33H32O10. The van der Waals surface area contributed by atoms with E-state index in [-0.39, 0.29) is 40.8 Å². The van der Waals surface area contributed by atoms with E-state index in [1.54, 1.807) is 0 Å². The predicted octanol–water partition coefficient (Wildman–Crippen LogP) is 6.66. The van der Waals surface area contributed by atoms with Gasteiger partial charge in [0.15, 0.2) is 5.78 Å². The van der Waals surface area contributed by atoms with Crippen LogP contribution in [0.1, 0.15) is 66.2 Å². The molecule has 0 unspecified atom stereocenters. The number of esters is 3. The smallest absolute Gasteiger partial charge is 0.434 e. The van der Waals surface area contributed by atoms with E-state index in [0.29, 0.717) is 18.6 Å². The van der Waals surface area contributed by atoms with Crippen LogP contribution >= 0.6 is 0 Å². The fraction of sp³-hybridized carbons (Fsp3) is 0.242. The molecule has 3 aromatic rings. The van der Waals surface area contributed by atoms with Crippen molar-refractivity contribution in [3.63, 3.8) is 0 Å². The summed E-state index contributed by atoms with van der Waals surface area (Å²) in [6, 6.07) is 17.6. The van der Waals surface area contributed by atoms with Gasteiger partial charge in [0, 0.05) is 13.3 Å². The second-order valence-corrected chi connectivity index (χ2v) is 9.28. The van der Waals surface area contributed by atoms with E-state index >= 15 is 0 Å². The normalized spacial score (nSPS) is 10.3. The number of hydrogen-bond donors (Lipinski definition) is 0. The largest absolute Gasteiger partial charge is 0.513 e. The monoisotopic (exact) mass is 588 g/mol. The van der Waals surface area contributed by atoms with E-state index in [0.717, 1.165) is 25.7 Å². The van der Waals surface area contributed by atoms with Crippen molar-refractivity contribution in [3.05, 3.63) is 96.6 Å². The van der Waals surface area contributed by atoms with Crippen LogP contribution in [-0.2, 0) is 14.3 Å². The van der Waals surface area contributed by atoms with Crippen molar-refractivity contribution in [1.82, 2.24) is 0 Å². The molecule has 10 heteroatoms. The minimum atomic E-state index is -0.843. The number of rotatable bonds is 15. The van der Waals surface area contributed by atoms with Crippen molar-refractivity contribution < 1.29 is 47.7 Å². The van der Waals surface area contributed by atoms with Gasteiger partial charge in [-0.25, -0.2) is 14.4 Å². The van der Waals surface area contributed by atoms with E-state index in [2.05, 4.69) is 6.58 Å². The Morgan fingerprint density at radius 2 is 1.00 bits per heavy atom. The van der Waals surface area contributed by atoms with Crippen molar-refractivity contribution in [2.24, 2.45) is 0 Å². The first-order valence-electron chi connectivity index (χ1n) is 13.7. The second kappa shape index (κ2) is 16.9. The molecule has 0 fully saturated rings. The maximum absolute atomic E-state index is 12.5. The van der Waals surface area contributed by atoms with Crippen LogP contribution in [0.2, 0.25) is 0 Å². The van der Waals surface area contributed by atoms with Crippen LogP contribution < -0.4 is 18.9 Å². The average molecular weight is 589 g/mol. The molecule has 224 valence electrons. The zero-order valence-electron chi connectivity index (χ0n) is 23.7. The van der Waals surface area contributed by atoms with Crippen LogP contribution in [0.15, 0.2) is 85.5 Å². The molecule has 0 spiro atoms. The quantitative estimate of drug-likeness (QED) is 0.0624. The molecule has 0 aliphatic heterocycles. The van der Waals surface area contributed by atoms with Gasteiger partial charge in [-0.3, -0.25) is 9.59 Å². The highest BCUT2D eigenvalue weighted by molar-refractivity contribution is 5.93. The molecule has 0 heterocycles. The van der Waals surface area contributed by atoms with Crippen LogP contribution in [-0.4, -0.2) is 36.5 Å². The lowest BCUT2D eigenvalue weighted by Gasteiger charge is -2.08. The average Bonchev–Trinajstić information content (AvgIpc) is 2.99. The Hall–Kier alpha value is -5.25. The molecular weight excluding hydrogens is 556 g/mol. The van der Waals surface area contributed by atoms with Crippen molar-refractivity contribution in [2.75, 3.05) is 6.61 Å². The molecule has 0 amide bonds. The fourth-order valence-electron chi connectivity index (χ4n) is 3.71. The van der Waals surface area contributed by atoms with E-state index < -0.39 is 24.1 Å². The zero-order valence-corrected chi connectivity index (χ0v) is 23.7. The van der Waals surface area contributed by atoms with Crippen LogP contribution in [0, 0.1) is 0 Å². The van der Waals surface area contributed by atoms with Gasteiger partial charge in [0.25, 0.3) is 0 Å². The molecule has 43 heavy (non-hydrogen) atoms. The van der Waals surface area contributed by atoms with Gasteiger partial charge in [-0.1, -0.05) is 25.8 Å². The third kappa shape index (κ3) is 11.6. The summed E-state index contributed by atoms with van der Waals surface area (Å²) in [5, 5.41) is 0. The van der Waals surface area contributed by atoms with Gasteiger partial charge in [-0.05, 0) is 91.7 Å². The summed E-state index contributed by atoms with van der Waals surface area (Å²) >= 11 is 0. The molecule has 0 atom stereocenters. The Morgan fingerprint density at radius 1 is 0.581 bits per heavy atom. The molecule has 10 nitrogen and oxygen atoms in total. The van der Waals surface area contributed by atoms with Crippen molar-refractivity contribution in [2.45, 2.75) is 45.4 Å². The number of benzene rings is 3. The first kappa shape index (κ1) is 32.3. The van der Waals surface area contributed by atoms with Gasteiger partial charge < -0.3 is 23.7 Å². The summed E-state index contributed by atoms with van der Waals surface area (Å²) in [6.07, 6.45) is 5.24. The SMILES string of the molecule is C=CC(=O)CCCCCCCOC(=O)Oc1ccc(C(=O)Oc2ccc(C(=O)Oc3ccc(OC(C)=O)cc3)cc2)cc1. The van der Waals surface area contributed by atoms with Gasteiger partial charge in [0.05, 0.1) is 17.7 Å². The molecule has 0 saturated carbocycles. The summed E-state index contributed by atoms with van der Waals surface area (Å²) in [5.41, 5.74) is 0.449. The van der Waals surface area contributed by atoms with E-state index in [1.165, 1.54) is 85.8 Å². The molecule has 3 aromatic carbocycles. The maximum atomic E-state index is 12.5. The van der Waals surface area contributed by atoms with Gasteiger partial charge in [0.2, 0.25) is 0 Å². The number of carbonyl (C=O) groups excluding carboxylic acids is 5. The number of ether oxygens (including phenoxy) is 5. The summed E-state index contributed by atoms with van der Waals surface area (Å²) in [7, 11) is 0. The van der Waals surface area contributed by atoms with Crippen molar-refractivity contribution in [1.29, 1.82) is 0 Å². The lowest BCUT2D eigenvalue weighted by Crippen LogP contribution is -2.12. The number of allylic oxidation sites excluding steroid dienone is 1. The molecule has 0 aromatic heterocycles. The highest BCUT2D eigenvalue weighted by Gasteiger charge is 2.13. The number of carbonyl (C=O) groups is 5. The maximum Gasteiger partial charge on any atom is 0.513 e. The molecule has 0 radical (unpaired) electrons. The van der Waals surface area contributed by atoms with Crippen LogP contribution in [0.5, 0.6) is 23.0 Å². The Bertz CT molecular complexity index is 1410. The van der Waals surface area contributed by atoms with Crippen LogP contribution in [0.3, 0.4) is 0 Å². The van der Waals surface area contributed by atoms with Crippen LogP contribution in [0.25, 0.3) is 0 Å². The minimum Gasteiger partial charge on any atom is -0.434 e. The van der Waals surface area contributed by atoms with Crippen molar-refractivity contribution in [3.8, 4) is 23.0 Å². The fourth-order valence-corrected chi connectivity index (χ4v) is 3.71. The predicted molar refractivity (Wildman–Crippen MR) is 155 cm³/mol. The lowest BCUT2D eigenvalue weighted by molar-refractivity contribution is -0.131. The Morgan fingerprint density at radius 3 is 1.49 bits per heavy atom. The summed E-state index contributed by atoms with van der Waals surface area (Å²) in [4.78, 5) is 59.0. The standard InChI is InChI=1S/C33H32O10/c1-3-26(35)9-7-5-4-6-8-22-39-33(38)43-30-16-12-25(13-17-30)31(36)41-28-14-10-24(11-15-28)32(37)42-29-20-18-27(19-21-29)40-23(2)34/h3,10-21H,1,4-9,22H2,2H3. The molecule has 0 saturated heterocycles. The van der Waals surface area contributed by atoms with Crippen LogP contribution in [0.4, 0.5) is 4.79 Å². The van der Waals surface area contributed by atoms with Gasteiger partial charge >= 0.3 is 24.1 Å². The number of ketones is 1. The second-order valence-electron chi connectivity index (χ2n) is 9.28. The summed E-state index contributed by atoms with van der Waals surface area (Å²) in [6.45, 7) is 4.95. The van der Waals surface area contributed by atoms with Crippen molar-refractivity contribution >= 4 is 29.8 Å². The van der Waals surface area contributed by atoms with Gasteiger partial charge in [-0.15, -0.1) is 0 Å². The minimum absolute atomic E-state index is 0.0480. The Kier molecular flexibility index (Phi) is 12.7. The highest BCUT2D eigenvalue weighted by Crippen LogP contribution is 2.21. The van der Waals surface area contributed by atoms with E-state index in [1.807, 2.05) is 0 Å². The topological polar surface area (TPSA) is 132 Å². The van der Waals surface area contributed by atoms with Gasteiger partial charge in [0.1, 0.15) is 23.0 Å². The Labute approximate surface area is 249 Å². The van der Waals surface area contributed by atoms with E-state index in [9.17, 15) is 24.0 Å². The third-order valence-corrected chi connectivity index (χ3v) is 5.90. The molecule has 0 bridgehead atoms. The lowest BCUT2D eigenvalue weighted by atomic mass is 10.1.